The Kier molecular flexibility index (Phi) is 1.97. The molecule has 0 aromatic carbocycles. The number of nitrogens with zero attached hydrogens (tertiary/aromatic N) is 1. The van der Waals surface area contributed by atoms with Gasteiger partial charge in [0, 0.05) is 19.7 Å². The van der Waals surface area contributed by atoms with Gasteiger partial charge in [0.05, 0.1) is 6.54 Å². The molecule has 0 bridgehead atoms. The van der Waals surface area contributed by atoms with E-state index in [9.17, 15) is 13.2 Å². The van der Waals surface area contributed by atoms with Crippen molar-refractivity contribution in [3.63, 3.8) is 0 Å². The summed E-state index contributed by atoms with van der Waals surface area (Å²) in [4.78, 5) is 1.40. The van der Waals surface area contributed by atoms with Gasteiger partial charge in [-0.15, -0.1) is 13.2 Å². The van der Waals surface area contributed by atoms with E-state index in [0.717, 1.165) is 0 Å². The van der Waals surface area contributed by atoms with Crippen LogP contribution in [0.5, 0.6) is 0 Å². The van der Waals surface area contributed by atoms with Crippen molar-refractivity contribution in [1.82, 2.24) is 4.90 Å². The highest BCUT2D eigenvalue weighted by molar-refractivity contribution is 5.05. The van der Waals surface area contributed by atoms with Crippen molar-refractivity contribution in [2.45, 2.75) is 12.8 Å². The molecule has 2 radical (unpaired) electrons. The van der Waals surface area contributed by atoms with Crippen LogP contribution in [0, 0.1) is 6.54 Å². The molecule has 62 valence electrons. The van der Waals surface area contributed by atoms with Crippen molar-refractivity contribution in [3.8, 4) is 0 Å². The van der Waals surface area contributed by atoms with Gasteiger partial charge < -0.3 is 9.64 Å². The van der Waals surface area contributed by atoms with E-state index in [0.29, 0.717) is 0 Å². The van der Waals surface area contributed by atoms with Crippen molar-refractivity contribution in [2.24, 2.45) is 0 Å². The minimum atomic E-state index is -4.58. The molecule has 0 saturated carbocycles. The van der Waals surface area contributed by atoms with Gasteiger partial charge in [-0.05, 0) is 0 Å². The van der Waals surface area contributed by atoms with E-state index < -0.39 is 6.36 Å². The van der Waals surface area contributed by atoms with E-state index >= 15 is 0 Å². The molecule has 1 rings (SSSR count). The van der Waals surface area contributed by atoms with Crippen LogP contribution in [0.1, 0.15) is 6.42 Å². The summed E-state index contributed by atoms with van der Waals surface area (Å²) in [5, 5.41) is 0. The number of hydrogen-bond acceptors (Lipinski definition) is 2. The lowest BCUT2D eigenvalue weighted by Crippen LogP contribution is -2.11. The fraction of sp³-hybridized carbons (Fsp3) is 0.500. The summed E-state index contributed by atoms with van der Waals surface area (Å²) in [5.41, 5.74) is 0. The molecule has 1 heterocycles. The second-order valence-electron chi connectivity index (χ2n) is 2.09. The maximum atomic E-state index is 11.5. The van der Waals surface area contributed by atoms with Crippen molar-refractivity contribution in [1.29, 1.82) is 0 Å². The predicted molar refractivity (Wildman–Crippen MR) is 30.8 cm³/mol. The molecule has 0 aromatic heterocycles. The van der Waals surface area contributed by atoms with Gasteiger partial charge in [0.1, 0.15) is 5.76 Å². The lowest BCUT2D eigenvalue weighted by atomic mass is 10.4. The first-order chi connectivity index (χ1) is 4.97. The maximum Gasteiger partial charge on any atom is 0.572 e. The maximum absolute atomic E-state index is 11.5. The molecule has 0 unspecified atom stereocenters. The number of rotatable bonds is 1. The summed E-state index contributed by atoms with van der Waals surface area (Å²) in [6.45, 7) is 2.61. The molecule has 0 aliphatic carbocycles. The van der Waals surface area contributed by atoms with Gasteiger partial charge in [-0.2, -0.15) is 0 Å². The Hall–Kier alpha value is -0.870. The van der Waals surface area contributed by atoms with Crippen LogP contribution in [0.25, 0.3) is 0 Å². The molecular formula is C6H6F3NO. The van der Waals surface area contributed by atoms with Crippen molar-refractivity contribution in [3.05, 3.63) is 18.5 Å². The van der Waals surface area contributed by atoms with E-state index in [-0.39, 0.29) is 12.2 Å². The Labute approximate surface area is 62.2 Å². The summed E-state index contributed by atoms with van der Waals surface area (Å²) in [7, 11) is 1.59. The van der Waals surface area contributed by atoms with E-state index in [1.54, 1.807) is 7.05 Å². The molecule has 11 heavy (non-hydrogen) atoms. The molecular weight excluding hydrogens is 159 g/mol. The van der Waals surface area contributed by atoms with Crippen LogP contribution in [0.15, 0.2) is 12.0 Å². The topological polar surface area (TPSA) is 12.5 Å². The van der Waals surface area contributed by atoms with Gasteiger partial charge in [0.15, 0.2) is 0 Å². The van der Waals surface area contributed by atoms with Gasteiger partial charge in [0.2, 0.25) is 0 Å². The molecule has 0 N–H and O–H groups in total. The Morgan fingerprint density at radius 2 is 2.27 bits per heavy atom. The van der Waals surface area contributed by atoms with E-state index in [1.165, 1.54) is 11.1 Å². The molecule has 0 saturated heterocycles. The first-order valence-electron chi connectivity index (χ1n) is 2.90. The quantitative estimate of drug-likeness (QED) is 0.586. The van der Waals surface area contributed by atoms with Crippen molar-refractivity contribution in [2.75, 3.05) is 7.05 Å². The molecule has 0 amide bonds. The van der Waals surface area contributed by atoms with Crippen molar-refractivity contribution < 1.29 is 17.9 Å². The first-order valence-corrected chi connectivity index (χ1v) is 2.90. The lowest BCUT2D eigenvalue weighted by molar-refractivity contribution is -0.305. The minimum Gasteiger partial charge on any atom is -0.409 e. The average molecular weight is 165 g/mol. The second-order valence-corrected chi connectivity index (χ2v) is 2.09. The highest BCUT2D eigenvalue weighted by atomic mass is 19.4. The predicted octanol–water partition coefficient (Wildman–Crippen LogP) is 1.74. The second kappa shape index (κ2) is 2.64. The zero-order valence-electron chi connectivity index (χ0n) is 5.77. The van der Waals surface area contributed by atoms with Crippen LogP contribution in [0.4, 0.5) is 13.2 Å². The first kappa shape index (κ1) is 8.23. The molecule has 2 nitrogen and oxygen atoms in total. The van der Waals surface area contributed by atoms with E-state index in [4.69, 9.17) is 0 Å². The Balaban J connectivity index is 2.45. The normalized spacial score (nSPS) is 18.5. The molecule has 0 spiro atoms. The SMILES string of the molecule is CN1[C]CC(OC(F)(F)F)=C1. The third kappa shape index (κ3) is 2.69. The Morgan fingerprint density at radius 3 is 2.64 bits per heavy atom. The molecule has 5 heteroatoms. The summed E-state index contributed by atoms with van der Waals surface area (Å²) < 4.78 is 38.2. The zero-order valence-corrected chi connectivity index (χ0v) is 5.77. The number of alkyl halides is 3. The third-order valence-electron chi connectivity index (χ3n) is 1.09. The summed E-state index contributed by atoms with van der Waals surface area (Å²) in [6, 6.07) is 0. The smallest absolute Gasteiger partial charge is 0.409 e. The van der Waals surface area contributed by atoms with Gasteiger partial charge >= 0.3 is 6.36 Å². The fourth-order valence-corrected chi connectivity index (χ4v) is 0.721. The van der Waals surface area contributed by atoms with Gasteiger partial charge in [0.25, 0.3) is 0 Å². The number of hydrogen-bond donors (Lipinski definition) is 0. The Morgan fingerprint density at radius 1 is 1.64 bits per heavy atom. The molecule has 0 fully saturated rings. The average Bonchev–Trinajstić information content (AvgIpc) is 2.10. The highest BCUT2D eigenvalue weighted by Gasteiger charge is 2.33. The lowest BCUT2D eigenvalue weighted by Gasteiger charge is -2.07. The summed E-state index contributed by atoms with van der Waals surface area (Å²) in [5.74, 6) is -0.125. The van der Waals surface area contributed by atoms with Crippen LogP contribution in [-0.2, 0) is 4.74 Å². The zero-order chi connectivity index (χ0) is 8.48. The Bertz CT molecular complexity index is 175. The highest BCUT2D eigenvalue weighted by Crippen LogP contribution is 2.26. The van der Waals surface area contributed by atoms with Crippen LogP contribution in [0.3, 0.4) is 0 Å². The van der Waals surface area contributed by atoms with Gasteiger partial charge in [-0.25, -0.2) is 0 Å². The van der Waals surface area contributed by atoms with Crippen molar-refractivity contribution >= 4 is 0 Å². The third-order valence-corrected chi connectivity index (χ3v) is 1.09. The number of halogens is 3. The number of ether oxygens (including phenoxy) is 1. The van der Waals surface area contributed by atoms with Crippen LogP contribution < -0.4 is 0 Å². The van der Waals surface area contributed by atoms with Gasteiger partial charge in [-0.3, -0.25) is 0 Å². The van der Waals surface area contributed by atoms with Gasteiger partial charge in [-0.1, -0.05) is 0 Å². The molecule has 0 aromatic rings. The monoisotopic (exact) mass is 165 g/mol. The largest absolute Gasteiger partial charge is 0.572 e. The summed E-state index contributed by atoms with van der Waals surface area (Å²) in [6.07, 6.45) is -3.26. The molecule has 1 aliphatic rings. The van der Waals surface area contributed by atoms with E-state index in [1.807, 2.05) is 0 Å². The van der Waals surface area contributed by atoms with Crippen LogP contribution in [0.2, 0.25) is 0 Å². The molecule has 1 aliphatic heterocycles. The standard InChI is InChI=1S/C6H6F3NO/c1-10-3-2-5(4-10)11-6(7,8)9/h4H,2H2,1H3. The summed E-state index contributed by atoms with van der Waals surface area (Å²) >= 11 is 0. The van der Waals surface area contributed by atoms with E-state index in [2.05, 4.69) is 11.3 Å². The minimum absolute atomic E-state index is 0.0794. The fourth-order valence-electron chi connectivity index (χ4n) is 0.721. The van der Waals surface area contributed by atoms with Crippen LogP contribution in [-0.4, -0.2) is 18.3 Å². The van der Waals surface area contributed by atoms with Crippen LogP contribution >= 0.6 is 0 Å². The molecule has 0 atom stereocenters.